The van der Waals surface area contributed by atoms with Gasteiger partial charge in [-0.15, -0.1) is 5.10 Å². The zero-order valence-corrected chi connectivity index (χ0v) is 18.4. The summed E-state index contributed by atoms with van der Waals surface area (Å²) in [6, 6.07) is 7.82. The molecule has 3 heterocycles. The second-order valence-electron chi connectivity index (χ2n) is 7.74. The van der Waals surface area contributed by atoms with Gasteiger partial charge >= 0.3 is 0 Å². The number of aromatic nitrogens is 4. The molecule has 30 heavy (non-hydrogen) atoms. The first kappa shape index (κ1) is 19.5. The first-order chi connectivity index (χ1) is 14.6. The van der Waals surface area contributed by atoms with Crippen LogP contribution in [0.4, 0.5) is 5.69 Å². The molecule has 0 saturated carbocycles. The summed E-state index contributed by atoms with van der Waals surface area (Å²) in [6.45, 7) is 4.63. The summed E-state index contributed by atoms with van der Waals surface area (Å²) in [7, 11) is 0. The Hall–Kier alpha value is -2.45. The van der Waals surface area contributed by atoms with E-state index in [1.54, 1.807) is 16.0 Å². The Morgan fingerprint density at radius 3 is 2.63 bits per heavy atom. The fraction of sp³-hybridized carbons (Fsp3) is 0.429. The van der Waals surface area contributed by atoms with E-state index in [-0.39, 0.29) is 5.91 Å². The molecule has 3 aromatic rings. The van der Waals surface area contributed by atoms with Crippen molar-refractivity contribution in [3.8, 4) is 5.13 Å². The molecule has 1 fully saturated rings. The molecule has 1 aliphatic heterocycles. The molecule has 0 atom stereocenters. The molecule has 0 N–H and O–H groups in total. The van der Waals surface area contributed by atoms with E-state index in [4.69, 9.17) is 16.6 Å². The largest absolute Gasteiger partial charge is 0.367 e. The molecule has 2 aromatic heterocycles. The Bertz CT molecular complexity index is 1060. The molecular weight excluding hydrogens is 420 g/mol. The van der Waals surface area contributed by atoms with Gasteiger partial charge in [0.25, 0.3) is 5.91 Å². The SMILES string of the molecule is Cc1c(C(=O)N2CCN(c3ccccc3Cl)CC2)nnn1-c1nc2c(s1)CCCC2. The van der Waals surface area contributed by atoms with Crippen LogP contribution in [0.5, 0.6) is 0 Å². The maximum absolute atomic E-state index is 13.1. The maximum Gasteiger partial charge on any atom is 0.276 e. The van der Waals surface area contributed by atoms with Gasteiger partial charge in [0.1, 0.15) is 0 Å². The monoisotopic (exact) mass is 442 g/mol. The van der Waals surface area contributed by atoms with Gasteiger partial charge in [0.2, 0.25) is 5.13 Å². The molecule has 9 heteroatoms. The fourth-order valence-electron chi connectivity index (χ4n) is 4.15. The summed E-state index contributed by atoms with van der Waals surface area (Å²) < 4.78 is 1.72. The maximum atomic E-state index is 13.1. The van der Waals surface area contributed by atoms with Gasteiger partial charge in [-0.25, -0.2) is 4.98 Å². The Kier molecular flexibility index (Phi) is 5.20. The highest BCUT2D eigenvalue weighted by Gasteiger charge is 2.28. The lowest BCUT2D eigenvalue weighted by Gasteiger charge is -2.36. The lowest BCUT2D eigenvalue weighted by atomic mass is 10.0. The van der Waals surface area contributed by atoms with Gasteiger partial charge in [-0.2, -0.15) is 4.68 Å². The standard InChI is InChI=1S/C21H23ClN6OS/c1-14-19(24-25-28(14)21-23-16-7-3-5-9-18(16)30-21)20(29)27-12-10-26(11-13-27)17-8-4-2-6-15(17)22/h2,4,6,8H,3,5,7,9-13H2,1H3. The molecule has 7 nitrogen and oxygen atoms in total. The summed E-state index contributed by atoms with van der Waals surface area (Å²) in [4.78, 5) is 23.3. The second-order valence-corrected chi connectivity index (χ2v) is 9.21. The van der Waals surface area contributed by atoms with Crippen LogP contribution in [-0.2, 0) is 12.8 Å². The molecule has 1 saturated heterocycles. The molecule has 0 spiro atoms. The van der Waals surface area contributed by atoms with Gasteiger partial charge in [0.05, 0.1) is 22.1 Å². The average molecular weight is 443 g/mol. The first-order valence-corrected chi connectivity index (χ1v) is 11.5. The number of thiazole rings is 1. The van der Waals surface area contributed by atoms with E-state index in [2.05, 4.69) is 15.2 Å². The van der Waals surface area contributed by atoms with Crippen LogP contribution in [0.2, 0.25) is 5.02 Å². The number of amides is 1. The zero-order valence-electron chi connectivity index (χ0n) is 16.8. The molecule has 1 aromatic carbocycles. The number of para-hydroxylation sites is 1. The quantitative estimate of drug-likeness (QED) is 0.620. The highest BCUT2D eigenvalue weighted by molar-refractivity contribution is 7.14. The summed E-state index contributed by atoms with van der Waals surface area (Å²) >= 11 is 7.99. The fourth-order valence-corrected chi connectivity index (χ4v) is 5.55. The van der Waals surface area contributed by atoms with Gasteiger partial charge in [-0.3, -0.25) is 4.79 Å². The lowest BCUT2D eigenvalue weighted by molar-refractivity contribution is 0.0740. The van der Waals surface area contributed by atoms with Gasteiger partial charge in [0.15, 0.2) is 5.69 Å². The van der Waals surface area contributed by atoms with Crippen LogP contribution in [0.1, 0.15) is 39.6 Å². The van der Waals surface area contributed by atoms with Crippen LogP contribution in [0.25, 0.3) is 5.13 Å². The molecule has 5 rings (SSSR count). The van der Waals surface area contributed by atoms with Crippen LogP contribution in [-0.4, -0.2) is 57.0 Å². The number of carbonyl (C=O) groups excluding carboxylic acids is 1. The minimum absolute atomic E-state index is 0.0705. The van der Waals surface area contributed by atoms with Gasteiger partial charge < -0.3 is 9.80 Å². The van der Waals surface area contributed by atoms with Crippen LogP contribution < -0.4 is 4.90 Å². The Morgan fingerprint density at radius 2 is 1.87 bits per heavy atom. The third-order valence-corrected chi connectivity index (χ3v) is 7.33. The Labute approximate surface area is 184 Å². The second kappa shape index (κ2) is 8.00. The Balaban J connectivity index is 1.31. The molecule has 0 radical (unpaired) electrons. The number of piperazine rings is 1. The van der Waals surface area contributed by atoms with Crippen molar-refractivity contribution in [2.75, 3.05) is 31.1 Å². The zero-order chi connectivity index (χ0) is 20.7. The summed E-state index contributed by atoms with van der Waals surface area (Å²) in [5.41, 5.74) is 3.36. The number of carbonyl (C=O) groups is 1. The van der Waals surface area contributed by atoms with E-state index in [1.807, 2.05) is 36.1 Å². The van der Waals surface area contributed by atoms with E-state index in [0.29, 0.717) is 18.8 Å². The summed E-state index contributed by atoms with van der Waals surface area (Å²) in [5, 5.41) is 10.0. The number of hydrogen-bond donors (Lipinski definition) is 0. The molecule has 156 valence electrons. The van der Waals surface area contributed by atoms with Gasteiger partial charge in [-0.05, 0) is 44.7 Å². The number of fused-ring (bicyclic) bond motifs is 1. The van der Waals surface area contributed by atoms with E-state index in [0.717, 1.165) is 47.5 Å². The number of halogens is 1. The summed E-state index contributed by atoms with van der Waals surface area (Å²) in [6.07, 6.45) is 4.52. The van der Waals surface area contributed by atoms with Crippen molar-refractivity contribution in [2.45, 2.75) is 32.6 Å². The van der Waals surface area contributed by atoms with E-state index < -0.39 is 0 Å². The molecule has 0 bridgehead atoms. The van der Waals surface area contributed by atoms with Crippen molar-refractivity contribution in [2.24, 2.45) is 0 Å². The van der Waals surface area contributed by atoms with Crippen molar-refractivity contribution in [1.29, 1.82) is 0 Å². The minimum atomic E-state index is -0.0705. The number of rotatable bonds is 3. The highest BCUT2D eigenvalue weighted by Crippen LogP contribution is 2.30. The molecular formula is C21H23ClN6OS. The van der Waals surface area contributed by atoms with E-state index in [1.165, 1.54) is 23.4 Å². The number of hydrogen-bond acceptors (Lipinski definition) is 6. The van der Waals surface area contributed by atoms with E-state index in [9.17, 15) is 4.79 Å². The van der Waals surface area contributed by atoms with E-state index >= 15 is 0 Å². The number of nitrogens with zero attached hydrogens (tertiary/aromatic N) is 6. The average Bonchev–Trinajstić information content (AvgIpc) is 3.37. The predicted octanol–water partition coefficient (Wildman–Crippen LogP) is 3.53. The third kappa shape index (κ3) is 3.48. The van der Waals surface area contributed by atoms with Crippen molar-refractivity contribution in [1.82, 2.24) is 24.9 Å². The van der Waals surface area contributed by atoms with Crippen molar-refractivity contribution >= 4 is 34.5 Å². The molecule has 1 aliphatic carbocycles. The number of aryl methyl sites for hydroxylation is 2. The van der Waals surface area contributed by atoms with Gasteiger partial charge in [0, 0.05) is 31.1 Å². The normalized spacial score (nSPS) is 16.6. The first-order valence-electron chi connectivity index (χ1n) is 10.3. The molecule has 2 aliphatic rings. The minimum Gasteiger partial charge on any atom is -0.367 e. The summed E-state index contributed by atoms with van der Waals surface area (Å²) in [5.74, 6) is -0.0705. The van der Waals surface area contributed by atoms with Crippen molar-refractivity contribution in [3.05, 3.63) is 51.2 Å². The van der Waals surface area contributed by atoms with Crippen LogP contribution >= 0.6 is 22.9 Å². The number of anilines is 1. The highest BCUT2D eigenvalue weighted by atomic mass is 35.5. The third-order valence-electron chi connectivity index (χ3n) is 5.87. The molecule has 0 unspecified atom stereocenters. The molecule has 1 amide bonds. The number of benzene rings is 1. The van der Waals surface area contributed by atoms with Crippen molar-refractivity contribution in [3.63, 3.8) is 0 Å². The van der Waals surface area contributed by atoms with Crippen LogP contribution in [0.3, 0.4) is 0 Å². The van der Waals surface area contributed by atoms with Gasteiger partial charge in [-0.1, -0.05) is 40.3 Å². The van der Waals surface area contributed by atoms with Crippen molar-refractivity contribution < 1.29 is 4.79 Å². The lowest BCUT2D eigenvalue weighted by Crippen LogP contribution is -2.49. The smallest absolute Gasteiger partial charge is 0.276 e. The van der Waals surface area contributed by atoms with Crippen LogP contribution in [0, 0.1) is 6.92 Å². The predicted molar refractivity (Wildman–Crippen MR) is 118 cm³/mol. The van der Waals surface area contributed by atoms with Crippen LogP contribution in [0.15, 0.2) is 24.3 Å². The topological polar surface area (TPSA) is 67.2 Å². The Morgan fingerprint density at radius 1 is 1.10 bits per heavy atom.